The largest absolute Gasteiger partial charge is 0.106 e. The standard InChI is InChI=1S/C4H10.2C2H4/c1-4(2)3;2*1-2/h4H,1-3H3;2*1-2H2. The molecule has 0 spiro atoms. The van der Waals surface area contributed by atoms with Gasteiger partial charge in [-0.3, -0.25) is 0 Å². The van der Waals surface area contributed by atoms with Gasteiger partial charge in [0.2, 0.25) is 0 Å². The molecule has 0 unspecified atom stereocenters. The predicted molar refractivity (Wildman–Crippen MR) is 43.0 cm³/mol. The predicted octanol–water partition coefficient (Wildman–Crippen LogP) is 3.27. The van der Waals surface area contributed by atoms with Gasteiger partial charge in [-0.15, -0.1) is 26.3 Å². The van der Waals surface area contributed by atoms with Gasteiger partial charge in [-0.05, 0) is 5.92 Å². The molecule has 50 valence electrons. The third kappa shape index (κ3) is 407. The van der Waals surface area contributed by atoms with Crippen molar-refractivity contribution in [2.24, 2.45) is 5.92 Å². The highest BCUT2D eigenvalue weighted by Gasteiger charge is 1.68. The summed E-state index contributed by atoms with van der Waals surface area (Å²) in [5.74, 6) is 0.833. The van der Waals surface area contributed by atoms with Crippen molar-refractivity contribution >= 4 is 0 Å². The minimum Gasteiger partial charge on any atom is -0.106 e. The molecule has 0 rings (SSSR count). The van der Waals surface area contributed by atoms with Gasteiger partial charge in [-0.2, -0.15) is 0 Å². The highest BCUT2D eigenvalue weighted by atomic mass is 13.7. The molecule has 0 heterocycles. The Balaban J connectivity index is -0.0000000542. The van der Waals surface area contributed by atoms with Crippen LogP contribution >= 0.6 is 0 Å². The van der Waals surface area contributed by atoms with Crippen molar-refractivity contribution in [3.63, 3.8) is 0 Å². The minimum absolute atomic E-state index is 0.833. The van der Waals surface area contributed by atoms with Crippen LogP contribution in [0, 0.1) is 5.92 Å². The summed E-state index contributed by atoms with van der Waals surface area (Å²) in [6.45, 7) is 18.5. The zero-order valence-corrected chi connectivity index (χ0v) is 6.41. The van der Waals surface area contributed by atoms with Gasteiger partial charge in [-0.1, -0.05) is 20.8 Å². The maximum atomic E-state index is 3.00. The molecule has 8 heavy (non-hydrogen) atoms. The van der Waals surface area contributed by atoms with Gasteiger partial charge in [0.1, 0.15) is 0 Å². The molecule has 0 saturated heterocycles. The molecule has 0 heteroatoms. The summed E-state index contributed by atoms with van der Waals surface area (Å²) in [6.07, 6.45) is 0. The number of rotatable bonds is 0. The summed E-state index contributed by atoms with van der Waals surface area (Å²) in [5, 5.41) is 0. The van der Waals surface area contributed by atoms with Crippen LogP contribution < -0.4 is 0 Å². The molecule has 0 atom stereocenters. The SMILES string of the molecule is C=C.C=C.CC(C)C. The maximum absolute atomic E-state index is 3.00. The smallest absolute Gasteiger partial charge is 0.0500 e. The second kappa shape index (κ2) is 31.6. The molecule has 0 aromatic rings. The first-order valence-corrected chi connectivity index (χ1v) is 2.73. The van der Waals surface area contributed by atoms with E-state index in [9.17, 15) is 0 Å². The highest BCUT2D eigenvalue weighted by Crippen LogP contribution is 1.81. The van der Waals surface area contributed by atoms with E-state index in [2.05, 4.69) is 47.1 Å². The van der Waals surface area contributed by atoms with Crippen LogP contribution in [0.25, 0.3) is 0 Å². The van der Waals surface area contributed by atoms with Gasteiger partial charge < -0.3 is 0 Å². The third-order valence-corrected chi connectivity index (χ3v) is 0. The van der Waals surface area contributed by atoms with Crippen molar-refractivity contribution in [3.05, 3.63) is 26.3 Å². The second-order valence-electron chi connectivity index (χ2n) is 1.73. The number of hydrogen-bond donors (Lipinski definition) is 0. The van der Waals surface area contributed by atoms with Crippen LogP contribution in [-0.2, 0) is 0 Å². The van der Waals surface area contributed by atoms with E-state index >= 15 is 0 Å². The summed E-state index contributed by atoms with van der Waals surface area (Å²) in [4.78, 5) is 0. The topological polar surface area (TPSA) is 0 Å². The highest BCUT2D eigenvalue weighted by molar-refractivity contribution is 4.22. The molecule has 0 bridgehead atoms. The van der Waals surface area contributed by atoms with Crippen molar-refractivity contribution in [2.45, 2.75) is 20.8 Å². The Morgan fingerprint density at radius 3 is 0.750 bits per heavy atom. The Bertz CT molecular complexity index is 16.5. The van der Waals surface area contributed by atoms with E-state index < -0.39 is 0 Å². The van der Waals surface area contributed by atoms with E-state index in [1.807, 2.05) is 0 Å². The van der Waals surface area contributed by atoms with Gasteiger partial charge in [0.25, 0.3) is 0 Å². The fourth-order valence-corrected chi connectivity index (χ4v) is 0. The summed E-state index contributed by atoms with van der Waals surface area (Å²) >= 11 is 0. The Labute approximate surface area is 53.9 Å². The average molecular weight is 114 g/mol. The molecular weight excluding hydrogens is 96.1 g/mol. The van der Waals surface area contributed by atoms with E-state index in [1.54, 1.807) is 0 Å². The van der Waals surface area contributed by atoms with Crippen molar-refractivity contribution in [1.82, 2.24) is 0 Å². The minimum atomic E-state index is 0.833. The van der Waals surface area contributed by atoms with Gasteiger partial charge in [-0.25, -0.2) is 0 Å². The molecule has 0 aliphatic rings. The molecule has 0 aromatic heterocycles. The van der Waals surface area contributed by atoms with E-state index in [0.717, 1.165) is 5.92 Å². The Morgan fingerprint density at radius 1 is 0.750 bits per heavy atom. The van der Waals surface area contributed by atoms with Crippen LogP contribution in [-0.4, -0.2) is 0 Å². The Hall–Kier alpha value is -0.520. The van der Waals surface area contributed by atoms with Crippen molar-refractivity contribution in [1.29, 1.82) is 0 Å². The normalized spacial score (nSPS) is 5.50. The molecule has 0 radical (unpaired) electrons. The fraction of sp³-hybridized carbons (Fsp3) is 0.500. The lowest BCUT2D eigenvalue weighted by atomic mass is 10.3. The second-order valence-corrected chi connectivity index (χ2v) is 1.73. The van der Waals surface area contributed by atoms with E-state index in [4.69, 9.17) is 0 Å². The molecule has 0 saturated carbocycles. The third-order valence-electron chi connectivity index (χ3n) is 0. The quantitative estimate of drug-likeness (QED) is 0.424. The lowest BCUT2D eigenvalue weighted by molar-refractivity contribution is 0.737. The van der Waals surface area contributed by atoms with Crippen LogP contribution in [0.3, 0.4) is 0 Å². The first-order chi connectivity index (χ1) is 3.73. The van der Waals surface area contributed by atoms with Crippen molar-refractivity contribution in [3.8, 4) is 0 Å². The van der Waals surface area contributed by atoms with Crippen molar-refractivity contribution < 1.29 is 0 Å². The fourth-order valence-electron chi connectivity index (χ4n) is 0. The van der Waals surface area contributed by atoms with E-state index in [-0.39, 0.29) is 0 Å². The zero-order valence-electron chi connectivity index (χ0n) is 6.41. The molecule has 0 N–H and O–H groups in total. The Morgan fingerprint density at radius 2 is 0.750 bits per heavy atom. The van der Waals surface area contributed by atoms with Crippen LogP contribution in [0.2, 0.25) is 0 Å². The zero-order chi connectivity index (χ0) is 7.58. The maximum Gasteiger partial charge on any atom is -0.0500 e. The molecule has 0 aromatic carbocycles. The van der Waals surface area contributed by atoms with Crippen LogP contribution in [0.4, 0.5) is 0 Å². The summed E-state index contributed by atoms with van der Waals surface area (Å²) < 4.78 is 0. The molecule has 0 aliphatic heterocycles. The van der Waals surface area contributed by atoms with Gasteiger partial charge in [0.15, 0.2) is 0 Å². The van der Waals surface area contributed by atoms with Gasteiger partial charge in [0.05, 0.1) is 0 Å². The van der Waals surface area contributed by atoms with E-state index in [1.165, 1.54) is 0 Å². The lowest BCUT2D eigenvalue weighted by Gasteiger charge is -1.79. The Kier molecular flexibility index (Phi) is 61.9. The number of hydrogen-bond acceptors (Lipinski definition) is 0. The lowest BCUT2D eigenvalue weighted by Crippen LogP contribution is -1.66. The molecule has 0 aliphatic carbocycles. The molecule has 0 fully saturated rings. The first kappa shape index (κ1) is 15.6. The molecule has 0 amide bonds. The van der Waals surface area contributed by atoms with Gasteiger partial charge in [0, 0.05) is 0 Å². The van der Waals surface area contributed by atoms with E-state index in [0.29, 0.717) is 0 Å². The molecule has 0 nitrogen and oxygen atoms in total. The summed E-state index contributed by atoms with van der Waals surface area (Å²) in [7, 11) is 0. The van der Waals surface area contributed by atoms with Crippen LogP contribution in [0.1, 0.15) is 20.8 Å². The van der Waals surface area contributed by atoms with Crippen LogP contribution in [0.5, 0.6) is 0 Å². The molecular formula is C8H18. The summed E-state index contributed by atoms with van der Waals surface area (Å²) in [5.41, 5.74) is 0. The van der Waals surface area contributed by atoms with Gasteiger partial charge >= 0.3 is 0 Å². The van der Waals surface area contributed by atoms with Crippen LogP contribution in [0.15, 0.2) is 26.3 Å². The first-order valence-electron chi connectivity index (χ1n) is 2.73. The summed E-state index contributed by atoms with van der Waals surface area (Å²) in [6, 6.07) is 0. The monoisotopic (exact) mass is 114 g/mol. The van der Waals surface area contributed by atoms with Crippen molar-refractivity contribution in [2.75, 3.05) is 0 Å². The average Bonchev–Trinajstić information content (AvgIpc) is 1.75.